The average molecular weight is 360 g/mol. The maximum atomic E-state index is 13.8. The SMILES string of the molecule is Fc1cccc(Cl)c1CSc1nnc(-c2c[nH]c3ccccc23)o1. The van der Waals surface area contributed by atoms with Gasteiger partial charge >= 0.3 is 0 Å². The molecule has 4 aromatic rings. The molecule has 24 heavy (non-hydrogen) atoms. The number of thioether (sulfide) groups is 1. The molecule has 0 radical (unpaired) electrons. The zero-order valence-corrected chi connectivity index (χ0v) is 13.9. The number of para-hydroxylation sites is 1. The number of H-pyrrole nitrogens is 1. The van der Waals surface area contributed by atoms with E-state index in [0.29, 0.717) is 27.5 Å². The molecule has 0 amide bonds. The smallest absolute Gasteiger partial charge is 0.277 e. The van der Waals surface area contributed by atoms with Crippen molar-refractivity contribution in [3.8, 4) is 11.5 Å². The minimum atomic E-state index is -0.341. The minimum absolute atomic E-state index is 0.320. The van der Waals surface area contributed by atoms with Crippen molar-refractivity contribution in [3.63, 3.8) is 0 Å². The first-order chi connectivity index (χ1) is 11.7. The van der Waals surface area contributed by atoms with E-state index in [4.69, 9.17) is 16.0 Å². The lowest BCUT2D eigenvalue weighted by Gasteiger charge is -2.02. The van der Waals surface area contributed by atoms with Gasteiger partial charge in [0.15, 0.2) is 0 Å². The number of rotatable bonds is 4. The summed E-state index contributed by atoms with van der Waals surface area (Å²) in [7, 11) is 0. The Labute approximate surface area is 146 Å². The molecule has 2 aromatic carbocycles. The number of halogens is 2. The van der Waals surface area contributed by atoms with E-state index in [2.05, 4.69) is 15.2 Å². The molecule has 4 rings (SSSR count). The first-order valence-corrected chi connectivity index (χ1v) is 8.54. The van der Waals surface area contributed by atoms with Gasteiger partial charge in [-0.3, -0.25) is 0 Å². The Morgan fingerprint density at radius 1 is 1.12 bits per heavy atom. The highest BCUT2D eigenvalue weighted by atomic mass is 35.5. The van der Waals surface area contributed by atoms with Crippen LogP contribution in [-0.2, 0) is 5.75 Å². The Balaban J connectivity index is 1.57. The number of aromatic nitrogens is 3. The van der Waals surface area contributed by atoms with Crippen LogP contribution in [0.5, 0.6) is 0 Å². The third-order valence-corrected chi connectivity index (χ3v) is 4.83. The third kappa shape index (κ3) is 2.79. The summed E-state index contributed by atoms with van der Waals surface area (Å²) in [5.41, 5.74) is 2.27. The quantitative estimate of drug-likeness (QED) is 0.502. The Morgan fingerprint density at radius 3 is 2.88 bits per heavy atom. The summed E-state index contributed by atoms with van der Waals surface area (Å²) in [6, 6.07) is 12.5. The van der Waals surface area contributed by atoms with Crippen molar-refractivity contribution in [2.75, 3.05) is 0 Å². The zero-order chi connectivity index (χ0) is 16.5. The van der Waals surface area contributed by atoms with Crippen LogP contribution in [0.4, 0.5) is 4.39 Å². The Bertz CT molecular complexity index is 994. The fourth-order valence-corrected chi connectivity index (χ4v) is 3.54. The minimum Gasteiger partial charge on any atom is -0.411 e. The summed E-state index contributed by atoms with van der Waals surface area (Å²) in [6.45, 7) is 0. The molecule has 0 aliphatic rings. The van der Waals surface area contributed by atoms with Crippen LogP contribution in [0.1, 0.15) is 5.56 Å². The van der Waals surface area contributed by atoms with Crippen LogP contribution in [0, 0.1) is 5.82 Å². The van der Waals surface area contributed by atoms with Crippen LogP contribution in [0.25, 0.3) is 22.4 Å². The molecule has 7 heteroatoms. The Kier molecular flexibility index (Phi) is 4.00. The highest BCUT2D eigenvalue weighted by molar-refractivity contribution is 7.98. The van der Waals surface area contributed by atoms with Crippen molar-refractivity contribution < 1.29 is 8.81 Å². The monoisotopic (exact) mass is 359 g/mol. The molecule has 0 atom stereocenters. The number of nitrogens with zero attached hydrogens (tertiary/aromatic N) is 2. The van der Waals surface area contributed by atoms with Gasteiger partial charge in [-0.25, -0.2) is 4.39 Å². The van der Waals surface area contributed by atoms with Gasteiger partial charge in [0, 0.05) is 33.4 Å². The summed E-state index contributed by atoms with van der Waals surface area (Å²) >= 11 is 7.27. The lowest BCUT2D eigenvalue weighted by atomic mass is 10.2. The Hall–Kier alpha value is -2.31. The first-order valence-electron chi connectivity index (χ1n) is 7.18. The molecule has 4 nitrogen and oxygen atoms in total. The predicted molar refractivity (Wildman–Crippen MR) is 92.6 cm³/mol. The molecule has 0 fully saturated rings. The second kappa shape index (κ2) is 6.30. The van der Waals surface area contributed by atoms with Crippen LogP contribution < -0.4 is 0 Å². The molecule has 120 valence electrons. The number of nitrogens with one attached hydrogen (secondary N) is 1. The summed E-state index contributed by atoms with van der Waals surface area (Å²) in [4.78, 5) is 3.17. The lowest BCUT2D eigenvalue weighted by molar-refractivity contribution is 0.466. The summed E-state index contributed by atoms with van der Waals surface area (Å²) in [5, 5.41) is 9.87. The van der Waals surface area contributed by atoms with E-state index < -0.39 is 0 Å². The highest BCUT2D eigenvalue weighted by Gasteiger charge is 2.15. The van der Waals surface area contributed by atoms with Crippen molar-refractivity contribution in [2.24, 2.45) is 0 Å². The average Bonchev–Trinajstić information content (AvgIpc) is 3.20. The van der Waals surface area contributed by atoms with Gasteiger partial charge in [-0.1, -0.05) is 47.6 Å². The second-order valence-electron chi connectivity index (χ2n) is 5.11. The molecule has 2 aromatic heterocycles. The normalized spacial score (nSPS) is 11.2. The topological polar surface area (TPSA) is 54.7 Å². The summed E-state index contributed by atoms with van der Waals surface area (Å²) in [5.74, 6) is 0.405. The van der Waals surface area contributed by atoms with E-state index in [9.17, 15) is 4.39 Å². The van der Waals surface area contributed by atoms with E-state index in [1.165, 1.54) is 17.8 Å². The van der Waals surface area contributed by atoms with Gasteiger partial charge in [0.05, 0.1) is 5.56 Å². The number of aromatic amines is 1. The van der Waals surface area contributed by atoms with Gasteiger partial charge in [-0.2, -0.15) is 0 Å². The maximum Gasteiger partial charge on any atom is 0.277 e. The van der Waals surface area contributed by atoms with E-state index in [1.54, 1.807) is 12.1 Å². The van der Waals surface area contributed by atoms with Gasteiger partial charge < -0.3 is 9.40 Å². The van der Waals surface area contributed by atoms with E-state index in [-0.39, 0.29) is 5.82 Å². The highest BCUT2D eigenvalue weighted by Crippen LogP contribution is 2.32. The second-order valence-corrected chi connectivity index (χ2v) is 6.44. The standard InChI is InChI=1S/C17H11ClFN3OS/c18-13-5-3-6-14(19)12(13)9-24-17-22-21-16(23-17)11-8-20-15-7-2-1-4-10(11)15/h1-8,20H,9H2. The van der Waals surface area contributed by atoms with Crippen molar-refractivity contribution in [1.29, 1.82) is 0 Å². The van der Waals surface area contributed by atoms with Crippen LogP contribution in [-0.4, -0.2) is 15.2 Å². The van der Waals surface area contributed by atoms with Crippen molar-refractivity contribution >= 4 is 34.3 Å². The van der Waals surface area contributed by atoms with E-state index in [0.717, 1.165) is 16.5 Å². The lowest BCUT2D eigenvalue weighted by Crippen LogP contribution is -1.88. The molecule has 1 N–H and O–H groups in total. The molecule has 0 bridgehead atoms. The number of fused-ring (bicyclic) bond motifs is 1. The number of hydrogen-bond acceptors (Lipinski definition) is 4. The molecular weight excluding hydrogens is 349 g/mol. The van der Waals surface area contributed by atoms with Gasteiger partial charge in [-0.15, -0.1) is 10.2 Å². The van der Waals surface area contributed by atoms with E-state index >= 15 is 0 Å². The van der Waals surface area contributed by atoms with Crippen LogP contribution in [0.3, 0.4) is 0 Å². The molecule has 0 saturated heterocycles. The fourth-order valence-electron chi connectivity index (χ4n) is 2.43. The van der Waals surface area contributed by atoms with Gasteiger partial charge in [0.1, 0.15) is 5.82 Å². The van der Waals surface area contributed by atoms with E-state index in [1.807, 2.05) is 30.5 Å². The summed E-state index contributed by atoms with van der Waals surface area (Å²) < 4.78 is 19.5. The molecule has 0 aliphatic heterocycles. The molecule has 0 unspecified atom stereocenters. The molecule has 0 spiro atoms. The molecule has 2 heterocycles. The van der Waals surface area contributed by atoms with Crippen molar-refractivity contribution in [3.05, 3.63) is 65.1 Å². The van der Waals surface area contributed by atoms with Crippen molar-refractivity contribution in [1.82, 2.24) is 15.2 Å². The van der Waals surface area contributed by atoms with Gasteiger partial charge in [-0.05, 0) is 18.2 Å². The number of hydrogen-bond donors (Lipinski definition) is 1. The third-order valence-electron chi connectivity index (χ3n) is 3.63. The van der Waals surface area contributed by atoms with Crippen LogP contribution in [0.2, 0.25) is 5.02 Å². The maximum absolute atomic E-state index is 13.8. The van der Waals surface area contributed by atoms with Crippen LogP contribution >= 0.6 is 23.4 Å². The molecular formula is C17H11ClFN3OS. The predicted octanol–water partition coefficient (Wildman–Crippen LogP) is 5.30. The fraction of sp³-hybridized carbons (Fsp3) is 0.0588. The first kappa shape index (κ1) is 15.2. The Morgan fingerprint density at radius 2 is 2.00 bits per heavy atom. The van der Waals surface area contributed by atoms with Crippen LogP contribution in [0.15, 0.2) is 58.3 Å². The largest absolute Gasteiger partial charge is 0.411 e. The van der Waals surface area contributed by atoms with Crippen molar-refractivity contribution in [2.45, 2.75) is 11.0 Å². The molecule has 0 aliphatic carbocycles. The zero-order valence-electron chi connectivity index (χ0n) is 12.3. The van der Waals surface area contributed by atoms with Gasteiger partial charge in [0.25, 0.3) is 11.1 Å². The number of benzene rings is 2. The van der Waals surface area contributed by atoms with Gasteiger partial charge in [0.2, 0.25) is 0 Å². The summed E-state index contributed by atoms with van der Waals surface area (Å²) in [6.07, 6.45) is 1.83. The molecule has 0 saturated carbocycles.